The Kier molecular flexibility index (Phi) is 54.1. The number of carbonyl (C=O) groups is 3. The summed E-state index contributed by atoms with van der Waals surface area (Å²) in [4.78, 5) is 29.5. The molecule has 0 aromatic rings. The minimum atomic E-state index is -0.211. The molecule has 0 atom stereocenters. The lowest BCUT2D eigenvalue weighted by Crippen LogP contribution is -1.95. The molecule has 0 fully saturated rings. The quantitative estimate of drug-likeness (QED) is 0.223. The van der Waals surface area contributed by atoms with Gasteiger partial charge in [-0.3, -0.25) is 14.4 Å². The lowest BCUT2D eigenvalue weighted by molar-refractivity contribution is -0.141. The van der Waals surface area contributed by atoms with Crippen LogP contribution in [0.1, 0.15) is 121 Å². The van der Waals surface area contributed by atoms with Gasteiger partial charge < -0.3 is 14.2 Å². The lowest BCUT2D eigenvalue weighted by atomic mass is 10.2. The Morgan fingerprint density at radius 3 is 0.633 bits per heavy atom. The maximum absolute atomic E-state index is 9.82. The second-order valence-electron chi connectivity index (χ2n) is 6.19. The Hall–Kier alpha value is -1.59. The Morgan fingerprint density at radius 1 is 0.433 bits per heavy atom. The van der Waals surface area contributed by atoms with E-state index < -0.39 is 0 Å². The predicted molar refractivity (Wildman–Crippen MR) is 127 cm³/mol. The second-order valence-corrected chi connectivity index (χ2v) is 6.19. The molecule has 0 saturated carbocycles. The minimum Gasteiger partial charge on any atom is -0.466 e. The van der Waals surface area contributed by atoms with Crippen molar-refractivity contribution in [3.8, 4) is 0 Å². The van der Waals surface area contributed by atoms with E-state index in [-0.39, 0.29) is 17.9 Å². The molecule has 0 aromatic heterocycles. The van der Waals surface area contributed by atoms with Crippen molar-refractivity contribution < 1.29 is 28.6 Å². The molecule has 30 heavy (non-hydrogen) atoms. The third-order valence-electron chi connectivity index (χ3n) is 2.96. The molecule has 0 rings (SSSR count). The smallest absolute Gasteiger partial charge is 0.302 e. The van der Waals surface area contributed by atoms with Crippen molar-refractivity contribution in [3.05, 3.63) is 0 Å². The summed E-state index contributed by atoms with van der Waals surface area (Å²) in [6, 6.07) is 0. The normalized spacial score (nSPS) is 8.20. The Morgan fingerprint density at radius 2 is 0.600 bits per heavy atom. The number of rotatable bonds is 9. The van der Waals surface area contributed by atoms with Crippen LogP contribution in [0.3, 0.4) is 0 Å². The van der Waals surface area contributed by atoms with Crippen LogP contribution in [0.2, 0.25) is 0 Å². The van der Waals surface area contributed by atoms with Gasteiger partial charge in [-0.15, -0.1) is 0 Å². The standard InChI is InChI=1S/2C6H14.3C4H8O2/c2*1-3-5-6-4-2;3*1-3-6-4(2)5/h2*3-6H2,1-2H3;3*3H2,1-2H3. The fourth-order valence-corrected chi connectivity index (χ4v) is 1.61. The summed E-state index contributed by atoms with van der Waals surface area (Å²) in [7, 11) is 0. The van der Waals surface area contributed by atoms with Crippen molar-refractivity contribution >= 4 is 17.9 Å². The molecule has 0 amide bonds. The third kappa shape index (κ3) is 94.8. The molecule has 0 aromatic carbocycles. The van der Waals surface area contributed by atoms with E-state index in [9.17, 15) is 14.4 Å². The predicted octanol–water partition coefficient (Wildman–Crippen LogP) is 6.88. The van der Waals surface area contributed by atoms with E-state index in [1.54, 1.807) is 20.8 Å². The van der Waals surface area contributed by atoms with Gasteiger partial charge in [-0.25, -0.2) is 0 Å². The summed E-state index contributed by atoms with van der Waals surface area (Å²) in [6.07, 6.45) is 11.1. The zero-order valence-corrected chi connectivity index (χ0v) is 21.7. The fraction of sp³-hybridized carbons (Fsp3) is 0.875. The largest absolute Gasteiger partial charge is 0.466 e. The highest BCUT2D eigenvalue weighted by Gasteiger charge is 1.82. The van der Waals surface area contributed by atoms with Gasteiger partial charge in [-0.2, -0.15) is 0 Å². The van der Waals surface area contributed by atoms with Gasteiger partial charge in [0.2, 0.25) is 0 Å². The summed E-state index contributed by atoms with van der Waals surface area (Å²) >= 11 is 0. The summed E-state index contributed by atoms with van der Waals surface area (Å²) in [6.45, 7) is 19.9. The van der Waals surface area contributed by atoms with E-state index >= 15 is 0 Å². The SMILES string of the molecule is CCCCCC.CCCCCC.CCOC(C)=O.CCOC(C)=O.CCOC(C)=O. The molecular formula is C24H52O6. The van der Waals surface area contributed by atoms with Crippen molar-refractivity contribution in [2.45, 2.75) is 121 Å². The summed E-state index contributed by atoms with van der Waals surface area (Å²) in [5.74, 6) is -0.632. The van der Waals surface area contributed by atoms with Crippen molar-refractivity contribution in [2.24, 2.45) is 0 Å². The molecule has 0 heterocycles. The lowest BCUT2D eigenvalue weighted by Gasteiger charge is -1.89. The van der Waals surface area contributed by atoms with Crippen molar-refractivity contribution in [1.29, 1.82) is 0 Å². The molecule has 0 aliphatic rings. The van der Waals surface area contributed by atoms with Crippen molar-refractivity contribution in [1.82, 2.24) is 0 Å². The molecule has 0 unspecified atom stereocenters. The van der Waals surface area contributed by atoms with E-state index in [4.69, 9.17) is 0 Å². The van der Waals surface area contributed by atoms with E-state index in [0.717, 1.165) is 0 Å². The number of carbonyl (C=O) groups excluding carboxylic acids is 3. The average Bonchev–Trinajstić information content (AvgIpc) is 2.66. The first-order valence-electron chi connectivity index (χ1n) is 11.5. The van der Waals surface area contributed by atoms with Gasteiger partial charge in [0, 0.05) is 20.8 Å². The second kappa shape index (κ2) is 41.7. The maximum Gasteiger partial charge on any atom is 0.302 e. The van der Waals surface area contributed by atoms with Gasteiger partial charge in [-0.1, -0.05) is 79.1 Å². The van der Waals surface area contributed by atoms with Gasteiger partial charge in [0.1, 0.15) is 0 Å². The first kappa shape index (κ1) is 38.9. The average molecular weight is 437 g/mol. The van der Waals surface area contributed by atoms with Crippen LogP contribution in [0.5, 0.6) is 0 Å². The topological polar surface area (TPSA) is 78.9 Å². The number of ether oxygens (including phenoxy) is 3. The Labute approximate surface area is 187 Å². The number of hydrogen-bond donors (Lipinski definition) is 0. The molecule has 0 spiro atoms. The first-order chi connectivity index (χ1) is 14.1. The first-order valence-corrected chi connectivity index (χ1v) is 11.5. The highest BCUT2D eigenvalue weighted by atomic mass is 16.5. The maximum atomic E-state index is 9.82. The van der Waals surface area contributed by atoms with Gasteiger partial charge in [0.15, 0.2) is 0 Å². The van der Waals surface area contributed by atoms with Crippen LogP contribution >= 0.6 is 0 Å². The molecule has 0 bridgehead atoms. The molecule has 0 radical (unpaired) electrons. The van der Waals surface area contributed by atoms with Gasteiger partial charge in [0.05, 0.1) is 19.8 Å². The van der Waals surface area contributed by atoms with E-state index in [2.05, 4.69) is 41.9 Å². The van der Waals surface area contributed by atoms with Gasteiger partial charge in [0.25, 0.3) is 0 Å². The molecule has 0 aliphatic heterocycles. The highest BCUT2D eigenvalue weighted by molar-refractivity contribution is 5.66. The molecule has 184 valence electrons. The molecule has 0 N–H and O–H groups in total. The van der Waals surface area contributed by atoms with Crippen LogP contribution in [0.4, 0.5) is 0 Å². The van der Waals surface area contributed by atoms with Gasteiger partial charge >= 0.3 is 17.9 Å². The minimum absolute atomic E-state index is 0.211. The molecule has 6 heteroatoms. The Balaban J connectivity index is -0.0000000868. The van der Waals surface area contributed by atoms with Crippen LogP contribution in [0, 0.1) is 0 Å². The zero-order chi connectivity index (χ0) is 24.6. The fourth-order valence-electron chi connectivity index (χ4n) is 1.61. The van der Waals surface area contributed by atoms with Crippen molar-refractivity contribution in [3.63, 3.8) is 0 Å². The van der Waals surface area contributed by atoms with Gasteiger partial charge in [-0.05, 0) is 20.8 Å². The number of hydrogen-bond acceptors (Lipinski definition) is 6. The van der Waals surface area contributed by atoms with Crippen LogP contribution < -0.4 is 0 Å². The third-order valence-corrected chi connectivity index (χ3v) is 2.96. The summed E-state index contributed by atoms with van der Waals surface area (Å²) in [5, 5.41) is 0. The van der Waals surface area contributed by atoms with Crippen LogP contribution in [0.15, 0.2) is 0 Å². The Bertz CT molecular complexity index is 276. The summed E-state index contributed by atoms with van der Waals surface area (Å²) < 4.78 is 13.2. The summed E-state index contributed by atoms with van der Waals surface area (Å²) in [5.41, 5.74) is 0. The molecule has 0 aliphatic carbocycles. The van der Waals surface area contributed by atoms with E-state index in [0.29, 0.717) is 19.8 Å². The van der Waals surface area contributed by atoms with Crippen molar-refractivity contribution in [2.75, 3.05) is 19.8 Å². The zero-order valence-electron chi connectivity index (χ0n) is 21.7. The molecular weight excluding hydrogens is 384 g/mol. The van der Waals surface area contributed by atoms with E-state index in [1.807, 2.05) is 0 Å². The number of esters is 3. The monoisotopic (exact) mass is 436 g/mol. The highest BCUT2D eigenvalue weighted by Crippen LogP contribution is 1.95. The van der Waals surface area contributed by atoms with Crippen LogP contribution in [-0.2, 0) is 28.6 Å². The molecule has 0 saturated heterocycles. The van der Waals surface area contributed by atoms with Crippen LogP contribution in [0.25, 0.3) is 0 Å². The number of unbranched alkanes of at least 4 members (excludes halogenated alkanes) is 6. The van der Waals surface area contributed by atoms with E-state index in [1.165, 1.54) is 72.1 Å². The van der Waals surface area contributed by atoms with Crippen LogP contribution in [-0.4, -0.2) is 37.7 Å². The molecule has 6 nitrogen and oxygen atoms in total.